The third-order valence-electron chi connectivity index (χ3n) is 5.60. The molecule has 0 nitrogen and oxygen atoms in total. The molecular weight excluding hydrogens is 459 g/mol. The summed E-state index contributed by atoms with van der Waals surface area (Å²) in [6, 6.07) is 6.18. The molecule has 2 unspecified atom stereocenters. The van der Waals surface area contributed by atoms with Crippen LogP contribution in [0.4, 0.5) is 0 Å². The van der Waals surface area contributed by atoms with Crippen molar-refractivity contribution < 1.29 is 58.9 Å². The van der Waals surface area contributed by atoms with Crippen molar-refractivity contribution in [3.8, 4) is 0 Å². The maximum Gasteiger partial charge on any atom is 4.00 e. The molecule has 0 bridgehead atoms. The Kier molecular flexibility index (Phi) is 19.2. The molecule has 1 aromatic carbocycles. The van der Waals surface area contributed by atoms with Gasteiger partial charge in [-0.2, -0.15) is 11.6 Å². The molecule has 0 saturated carbocycles. The Balaban J connectivity index is -0.00000156. The zero-order chi connectivity index (χ0) is 17.7. The summed E-state index contributed by atoms with van der Waals surface area (Å²) in [7, 11) is -1.17. The smallest absolute Gasteiger partial charge is 1.00 e. The molecule has 0 saturated heterocycles. The van der Waals surface area contributed by atoms with Gasteiger partial charge in [0, 0.05) is 0 Å². The first-order valence-electron chi connectivity index (χ1n) is 9.88. The van der Waals surface area contributed by atoms with Crippen molar-refractivity contribution in [3.05, 3.63) is 51.7 Å². The number of unbranched alkanes of at least 4 members (excludes halogenated alkanes) is 2. The molecule has 0 fully saturated rings. The number of hydrogen-bond donors (Lipinski definition) is 0. The van der Waals surface area contributed by atoms with E-state index in [9.17, 15) is 0 Å². The van der Waals surface area contributed by atoms with Gasteiger partial charge in [-0.1, -0.05) is 92.4 Å². The summed E-state index contributed by atoms with van der Waals surface area (Å²) >= 11 is 0. The molecule has 156 valence electrons. The minimum Gasteiger partial charge on any atom is -1.00 e. The van der Waals surface area contributed by atoms with E-state index in [-0.39, 0.29) is 58.9 Å². The number of benzene rings is 1. The van der Waals surface area contributed by atoms with E-state index in [2.05, 4.69) is 65.8 Å². The summed E-state index contributed by atoms with van der Waals surface area (Å²) in [6.45, 7) is 13.9. The van der Waals surface area contributed by atoms with Crippen LogP contribution in [0.1, 0.15) is 69.6 Å². The Morgan fingerprint density at radius 2 is 1.57 bits per heavy atom. The Morgan fingerprint density at radius 1 is 1.00 bits per heavy atom. The largest absolute Gasteiger partial charge is 4.00 e. The van der Waals surface area contributed by atoms with Crippen molar-refractivity contribution in [1.29, 1.82) is 0 Å². The first kappa shape index (κ1) is 33.1. The van der Waals surface area contributed by atoms with Gasteiger partial charge in [-0.15, -0.1) is 6.42 Å². The first-order chi connectivity index (χ1) is 11.5. The quantitative estimate of drug-likeness (QED) is 0.204. The van der Waals surface area contributed by atoms with Gasteiger partial charge in [-0.25, -0.2) is 5.20 Å². The topological polar surface area (TPSA) is 0 Å². The number of rotatable bonds is 8. The van der Waals surface area contributed by atoms with Crippen LogP contribution in [0.2, 0.25) is 6.04 Å². The standard InChI is InChI=1S/C23H35Si.3ClH.Ti/c1-7-9-10-14-24(22-13-11-12-21(22)18(4)8-2)23-19(5)15-17(3)16-20(23)6;;;;/h12,15-16,18,24H,7-11,14H2,1-6H3;3*1H;/q-1;;;;+4/p-3. The number of allylic oxidation sites excluding steroid dienone is 4. The van der Waals surface area contributed by atoms with Crippen LogP contribution in [-0.4, -0.2) is 8.80 Å². The molecule has 0 radical (unpaired) electrons. The van der Waals surface area contributed by atoms with Gasteiger partial charge in [-0.3, -0.25) is 6.08 Å². The molecular formula is C23H35Cl3SiTi. The SMILES string of the molecule is CCCCC[SiH](C1=[C-]CC=C1C(C)CC)c1c(C)cc(C)cc1C.[Cl-].[Cl-].[Cl-].[Ti+4]. The molecule has 0 aromatic heterocycles. The molecule has 0 spiro atoms. The van der Waals surface area contributed by atoms with Gasteiger partial charge in [0.15, 0.2) is 0 Å². The number of aryl methyl sites for hydroxylation is 3. The molecule has 2 rings (SSSR count). The van der Waals surface area contributed by atoms with Gasteiger partial charge in [0.2, 0.25) is 0 Å². The van der Waals surface area contributed by atoms with Gasteiger partial charge in [0.25, 0.3) is 0 Å². The molecule has 1 aliphatic carbocycles. The van der Waals surface area contributed by atoms with E-state index in [4.69, 9.17) is 0 Å². The Morgan fingerprint density at radius 3 is 2.07 bits per heavy atom. The fourth-order valence-corrected chi connectivity index (χ4v) is 8.26. The molecule has 28 heavy (non-hydrogen) atoms. The van der Waals surface area contributed by atoms with E-state index in [0.29, 0.717) is 5.92 Å². The van der Waals surface area contributed by atoms with Crippen molar-refractivity contribution in [3.63, 3.8) is 0 Å². The molecule has 1 aliphatic rings. The molecule has 0 amide bonds. The van der Waals surface area contributed by atoms with Crippen LogP contribution in [0.15, 0.2) is 29.0 Å². The van der Waals surface area contributed by atoms with Crippen molar-refractivity contribution in [1.82, 2.24) is 0 Å². The summed E-state index contributed by atoms with van der Waals surface area (Å²) in [6.07, 6.45) is 12.6. The van der Waals surface area contributed by atoms with Crippen molar-refractivity contribution >= 4 is 14.0 Å². The molecule has 0 aliphatic heterocycles. The van der Waals surface area contributed by atoms with Crippen LogP contribution in [0, 0.1) is 32.8 Å². The van der Waals surface area contributed by atoms with E-state index in [1.54, 1.807) is 16.0 Å². The zero-order valence-corrected chi connectivity index (χ0v) is 23.2. The van der Waals surface area contributed by atoms with Crippen molar-refractivity contribution in [2.45, 2.75) is 79.7 Å². The summed E-state index contributed by atoms with van der Waals surface area (Å²) in [5, 5.41) is 3.35. The maximum absolute atomic E-state index is 3.80. The third kappa shape index (κ3) is 8.32. The minimum absolute atomic E-state index is 0. The van der Waals surface area contributed by atoms with E-state index in [1.807, 2.05) is 0 Å². The van der Waals surface area contributed by atoms with E-state index in [0.717, 1.165) is 6.42 Å². The number of hydrogen-bond acceptors (Lipinski definition) is 0. The zero-order valence-electron chi connectivity index (χ0n) is 18.3. The van der Waals surface area contributed by atoms with Crippen molar-refractivity contribution in [2.75, 3.05) is 0 Å². The fourth-order valence-electron chi connectivity index (χ4n) is 4.27. The second-order valence-corrected chi connectivity index (χ2v) is 10.5. The van der Waals surface area contributed by atoms with Crippen LogP contribution in [0.3, 0.4) is 0 Å². The maximum atomic E-state index is 3.80. The van der Waals surface area contributed by atoms with Gasteiger partial charge in [-0.05, 0) is 20.8 Å². The van der Waals surface area contributed by atoms with E-state index >= 15 is 0 Å². The second kappa shape index (κ2) is 16.2. The molecule has 5 heteroatoms. The second-order valence-electron chi connectivity index (χ2n) is 7.62. The van der Waals surface area contributed by atoms with Gasteiger partial charge in [0.05, 0.1) is 8.80 Å². The Labute approximate surface area is 209 Å². The first-order valence-corrected chi connectivity index (χ1v) is 11.9. The third-order valence-corrected chi connectivity index (χ3v) is 9.43. The van der Waals surface area contributed by atoms with Crippen LogP contribution >= 0.6 is 0 Å². The van der Waals surface area contributed by atoms with Gasteiger partial charge >= 0.3 is 21.7 Å². The van der Waals surface area contributed by atoms with Crippen LogP contribution in [0.5, 0.6) is 0 Å². The van der Waals surface area contributed by atoms with Crippen LogP contribution < -0.4 is 42.4 Å². The minimum atomic E-state index is -1.17. The fraction of sp³-hybridized carbons (Fsp3) is 0.565. The molecule has 1 aromatic rings. The summed E-state index contributed by atoms with van der Waals surface area (Å²) in [5.74, 6) is 0.683. The average molecular weight is 494 g/mol. The van der Waals surface area contributed by atoms with Crippen LogP contribution in [-0.2, 0) is 21.7 Å². The average Bonchev–Trinajstić information content (AvgIpc) is 3.01. The summed E-state index contributed by atoms with van der Waals surface area (Å²) in [4.78, 5) is 0. The predicted molar refractivity (Wildman–Crippen MR) is 111 cm³/mol. The Hall–Kier alpha value is 0.501. The van der Waals surface area contributed by atoms with Gasteiger partial charge in [0.1, 0.15) is 0 Å². The molecule has 0 heterocycles. The van der Waals surface area contributed by atoms with Crippen LogP contribution in [0.25, 0.3) is 0 Å². The normalized spacial score (nSPS) is 14.4. The Bertz CT molecular complexity index is 618. The van der Waals surface area contributed by atoms with E-state index in [1.165, 1.54) is 48.4 Å². The number of halogens is 3. The van der Waals surface area contributed by atoms with E-state index < -0.39 is 8.80 Å². The van der Waals surface area contributed by atoms with Crippen molar-refractivity contribution in [2.24, 2.45) is 5.92 Å². The summed E-state index contributed by atoms with van der Waals surface area (Å²) < 4.78 is 0. The molecule has 0 N–H and O–H groups in total. The predicted octanol–water partition coefficient (Wildman–Crippen LogP) is -3.11. The molecule has 2 atom stereocenters. The van der Waals surface area contributed by atoms with Gasteiger partial charge < -0.3 is 37.2 Å². The summed E-state index contributed by atoms with van der Waals surface area (Å²) in [5.41, 5.74) is 6.07. The monoisotopic (exact) mass is 492 g/mol.